The number of rotatable bonds is 2. The summed E-state index contributed by atoms with van der Waals surface area (Å²) in [6, 6.07) is 10.2. The normalized spacial score (nSPS) is 10.9. The van der Waals surface area contributed by atoms with E-state index in [-0.39, 0.29) is 0 Å². The monoisotopic (exact) mass is 252 g/mol. The molecule has 0 radical (unpaired) electrons. The number of anilines is 2. The Morgan fingerprint density at radius 3 is 2.63 bits per heavy atom. The van der Waals surface area contributed by atoms with E-state index in [0.717, 1.165) is 33.7 Å². The van der Waals surface area contributed by atoms with Crippen LogP contribution in [0.3, 0.4) is 0 Å². The van der Waals surface area contributed by atoms with E-state index in [1.807, 2.05) is 50.0 Å². The summed E-state index contributed by atoms with van der Waals surface area (Å²) in [6.45, 7) is 4.01. The van der Waals surface area contributed by atoms with Crippen molar-refractivity contribution in [3.63, 3.8) is 0 Å². The first-order chi connectivity index (χ1) is 9.13. The molecule has 19 heavy (non-hydrogen) atoms. The van der Waals surface area contributed by atoms with Crippen molar-refractivity contribution in [3.8, 4) is 0 Å². The maximum atomic E-state index is 4.54. The molecule has 1 N–H and O–H groups in total. The number of fused-ring (bicyclic) bond motifs is 1. The molecule has 0 atom stereocenters. The van der Waals surface area contributed by atoms with Crippen molar-refractivity contribution in [3.05, 3.63) is 47.9 Å². The number of hydrogen-bond acceptors (Lipinski definition) is 3. The highest BCUT2D eigenvalue weighted by Gasteiger charge is 2.07. The fraction of sp³-hybridized carbons (Fsp3) is 0.200. The minimum Gasteiger partial charge on any atom is -0.352 e. The van der Waals surface area contributed by atoms with Crippen LogP contribution in [-0.2, 0) is 7.05 Å². The van der Waals surface area contributed by atoms with Crippen molar-refractivity contribution in [1.29, 1.82) is 0 Å². The predicted octanol–water partition coefficient (Wildman–Crippen LogP) is 3.33. The van der Waals surface area contributed by atoms with Gasteiger partial charge < -0.3 is 5.32 Å². The Kier molecular flexibility index (Phi) is 2.71. The summed E-state index contributed by atoms with van der Waals surface area (Å²) in [6.07, 6.45) is 1.99. The fourth-order valence-electron chi connectivity index (χ4n) is 2.28. The van der Waals surface area contributed by atoms with Gasteiger partial charge in [0.25, 0.3) is 0 Å². The van der Waals surface area contributed by atoms with Crippen LogP contribution >= 0.6 is 0 Å². The summed E-state index contributed by atoms with van der Waals surface area (Å²) in [5, 5.41) is 8.92. The Hall–Kier alpha value is -2.36. The van der Waals surface area contributed by atoms with Crippen molar-refractivity contribution in [1.82, 2.24) is 14.8 Å². The Bertz CT molecular complexity index is 743. The minimum absolute atomic E-state index is 0.987. The number of nitrogens with one attached hydrogen (secondary N) is 1. The number of aromatic nitrogens is 3. The van der Waals surface area contributed by atoms with Crippen molar-refractivity contribution < 1.29 is 0 Å². The zero-order chi connectivity index (χ0) is 13.4. The van der Waals surface area contributed by atoms with Crippen molar-refractivity contribution >= 4 is 22.3 Å². The molecule has 0 fully saturated rings. The van der Waals surface area contributed by atoms with Gasteiger partial charge in [0.15, 0.2) is 0 Å². The smallest absolute Gasteiger partial charge is 0.0828 e. The molecule has 4 nitrogen and oxygen atoms in total. The van der Waals surface area contributed by atoms with Crippen LogP contribution in [0.5, 0.6) is 0 Å². The van der Waals surface area contributed by atoms with Crippen molar-refractivity contribution in [2.24, 2.45) is 7.05 Å². The van der Waals surface area contributed by atoms with Crippen LogP contribution in [0.25, 0.3) is 10.9 Å². The van der Waals surface area contributed by atoms with Crippen LogP contribution in [0.1, 0.15) is 11.4 Å². The van der Waals surface area contributed by atoms with E-state index in [0.29, 0.717) is 0 Å². The molecule has 0 amide bonds. The lowest BCUT2D eigenvalue weighted by Crippen LogP contribution is -1.95. The molecule has 4 heteroatoms. The van der Waals surface area contributed by atoms with Gasteiger partial charge in [-0.05, 0) is 26.0 Å². The molecule has 0 aliphatic carbocycles. The van der Waals surface area contributed by atoms with Crippen LogP contribution in [0, 0.1) is 13.8 Å². The van der Waals surface area contributed by atoms with Crippen molar-refractivity contribution in [2.45, 2.75) is 13.8 Å². The largest absolute Gasteiger partial charge is 0.352 e. The van der Waals surface area contributed by atoms with Gasteiger partial charge in [0.1, 0.15) is 0 Å². The number of pyridine rings is 1. The first-order valence-corrected chi connectivity index (χ1v) is 6.27. The molecule has 3 aromatic rings. The van der Waals surface area contributed by atoms with Crippen LogP contribution < -0.4 is 5.32 Å². The number of benzene rings is 1. The summed E-state index contributed by atoms with van der Waals surface area (Å²) < 4.78 is 1.81. The molecular weight excluding hydrogens is 236 g/mol. The predicted molar refractivity (Wildman–Crippen MR) is 77.7 cm³/mol. The second-order valence-corrected chi connectivity index (χ2v) is 4.76. The van der Waals surface area contributed by atoms with Crippen LogP contribution in [-0.4, -0.2) is 14.8 Å². The van der Waals surface area contributed by atoms with Gasteiger partial charge in [0, 0.05) is 30.0 Å². The molecule has 0 spiro atoms. The first-order valence-electron chi connectivity index (χ1n) is 6.27. The van der Waals surface area contributed by atoms with E-state index in [4.69, 9.17) is 0 Å². The Morgan fingerprint density at radius 2 is 1.89 bits per heavy atom. The third-order valence-electron chi connectivity index (χ3n) is 3.13. The van der Waals surface area contributed by atoms with Crippen LogP contribution in [0.4, 0.5) is 11.4 Å². The van der Waals surface area contributed by atoms with Gasteiger partial charge in [-0.2, -0.15) is 5.10 Å². The van der Waals surface area contributed by atoms with Crippen LogP contribution in [0.2, 0.25) is 0 Å². The Morgan fingerprint density at radius 1 is 1.11 bits per heavy atom. The summed E-state index contributed by atoms with van der Waals surface area (Å²) in [4.78, 5) is 4.54. The summed E-state index contributed by atoms with van der Waals surface area (Å²) in [7, 11) is 1.92. The standard InChI is InChI=1S/C15H16N4/c1-10-8-14(12-6-4-5-7-13(12)16-10)17-15-9-19(3)18-11(15)2/h4-9H,1-3H3,(H,16,17). The SMILES string of the molecule is Cc1cc(Nc2cn(C)nc2C)c2ccccc2n1. The molecule has 1 aromatic carbocycles. The molecule has 0 bridgehead atoms. The second kappa shape index (κ2) is 4.39. The Balaban J connectivity index is 2.12. The summed E-state index contributed by atoms with van der Waals surface area (Å²) >= 11 is 0. The molecule has 0 aliphatic rings. The molecule has 0 aliphatic heterocycles. The van der Waals surface area contributed by atoms with Gasteiger partial charge in [-0.25, -0.2) is 0 Å². The third-order valence-corrected chi connectivity index (χ3v) is 3.13. The van der Waals surface area contributed by atoms with Gasteiger partial charge in [-0.3, -0.25) is 9.67 Å². The van der Waals surface area contributed by atoms with E-state index in [9.17, 15) is 0 Å². The van der Waals surface area contributed by atoms with E-state index >= 15 is 0 Å². The average Bonchev–Trinajstić information content (AvgIpc) is 2.67. The maximum absolute atomic E-state index is 4.54. The highest BCUT2D eigenvalue weighted by Crippen LogP contribution is 2.27. The molecular formula is C15H16N4. The lowest BCUT2D eigenvalue weighted by Gasteiger charge is -2.09. The van der Waals surface area contributed by atoms with Crippen LogP contribution in [0.15, 0.2) is 36.5 Å². The molecule has 0 unspecified atom stereocenters. The van der Waals surface area contributed by atoms with Gasteiger partial charge in [-0.1, -0.05) is 18.2 Å². The van der Waals surface area contributed by atoms with Gasteiger partial charge in [-0.15, -0.1) is 0 Å². The highest BCUT2D eigenvalue weighted by molar-refractivity contribution is 5.93. The zero-order valence-electron chi connectivity index (χ0n) is 11.3. The van der Waals surface area contributed by atoms with Gasteiger partial charge in [0.2, 0.25) is 0 Å². The number of para-hydroxylation sites is 1. The molecule has 2 aromatic heterocycles. The van der Waals surface area contributed by atoms with Gasteiger partial charge >= 0.3 is 0 Å². The number of aryl methyl sites for hydroxylation is 3. The quantitative estimate of drug-likeness (QED) is 0.760. The maximum Gasteiger partial charge on any atom is 0.0828 e. The van der Waals surface area contributed by atoms with E-state index in [1.54, 1.807) is 0 Å². The highest BCUT2D eigenvalue weighted by atomic mass is 15.3. The number of nitrogens with zero attached hydrogens (tertiary/aromatic N) is 3. The first kappa shape index (κ1) is 11.7. The molecule has 96 valence electrons. The Labute approximate surface area is 112 Å². The average molecular weight is 252 g/mol. The second-order valence-electron chi connectivity index (χ2n) is 4.76. The third kappa shape index (κ3) is 2.17. The molecule has 0 saturated carbocycles. The number of hydrogen-bond donors (Lipinski definition) is 1. The lowest BCUT2D eigenvalue weighted by molar-refractivity contribution is 0.756. The summed E-state index contributed by atoms with van der Waals surface area (Å²) in [5.74, 6) is 0. The van der Waals surface area contributed by atoms with E-state index in [2.05, 4.69) is 27.5 Å². The zero-order valence-corrected chi connectivity index (χ0v) is 11.3. The summed E-state index contributed by atoms with van der Waals surface area (Å²) in [5.41, 5.74) is 5.09. The topological polar surface area (TPSA) is 42.7 Å². The molecule has 3 rings (SSSR count). The van der Waals surface area contributed by atoms with Gasteiger partial charge in [0.05, 0.1) is 16.9 Å². The van der Waals surface area contributed by atoms with E-state index < -0.39 is 0 Å². The molecule has 0 saturated heterocycles. The van der Waals surface area contributed by atoms with E-state index in [1.165, 1.54) is 0 Å². The van der Waals surface area contributed by atoms with Crippen molar-refractivity contribution in [2.75, 3.05) is 5.32 Å². The minimum atomic E-state index is 0.987. The fourth-order valence-corrected chi connectivity index (χ4v) is 2.28. The molecule has 2 heterocycles. The lowest BCUT2D eigenvalue weighted by atomic mass is 10.1.